The van der Waals surface area contributed by atoms with Crippen LogP contribution in [0.4, 0.5) is 0 Å². The lowest BCUT2D eigenvalue weighted by molar-refractivity contribution is -0.0146. The Hall–Kier alpha value is -2.81. The van der Waals surface area contributed by atoms with E-state index in [0.29, 0.717) is 12.2 Å². The molecule has 0 spiro atoms. The molecule has 0 saturated carbocycles. The van der Waals surface area contributed by atoms with Crippen LogP contribution in [0.5, 0.6) is 5.75 Å². The van der Waals surface area contributed by atoms with Gasteiger partial charge in [0.05, 0.1) is 31.7 Å². The van der Waals surface area contributed by atoms with Gasteiger partial charge in [0.1, 0.15) is 11.4 Å². The first-order valence-electron chi connectivity index (χ1n) is 8.53. The van der Waals surface area contributed by atoms with Gasteiger partial charge >= 0.3 is 0 Å². The Kier molecular flexibility index (Phi) is 5.50. The molecule has 1 aromatic heterocycles. The van der Waals surface area contributed by atoms with E-state index >= 15 is 0 Å². The molecule has 0 saturated heterocycles. The van der Waals surface area contributed by atoms with E-state index < -0.39 is 5.60 Å². The van der Waals surface area contributed by atoms with E-state index in [1.165, 1.54) is 0 Å². The number of hydrogen-bond donors (Lipinski definition) is 0. The Balaban J connectivity index is 0.00000210. The van der Waals surface area contributed by atoms with Crippen LogP contribution in [0.15, 0.2) is 61.2 Å². The van der Waals surface area contributed by atoms with Crippen LogP contribution in [-0.2, 0) is 23.5 Å². The second-order valence-corrected chi connectivity index (χ2v) is 6.38. The number of rotatable bonds is 5. The standard InChI is InChI=1S/C21H19N3O2.ClH/c1-25-19-5-3-18(4-6-19)21(8-10-24-11-9-23-15-24)20-7-2-16(13-22)12-17(20)14-26-21;/h2-7,9,11-12,15H,8,10,14H2,1H3;1H. The molecule has 1 atom stereocenters. The molecule has 0 radical (unpaired) electrons. The number of fused-ring (bicyclic) bond motifs is 1. The SMILES string of the molecule is COc1ccc(C2(CCn3ccnc3)OCc3cc(C#N)ccc32)cc1.Cl. The molecule has 0 bridgehead atoms. The van der Waals surface area contributed by atoms with Gasteiger partial charge in [-0.3, -0.25) is 0 Å². The number of aromatic nitrogens is 2. The van der Waals surface area contributed by atoms with E-state index in [2.05, 4.69) is 27.8 Å². The maximum absolute atomic E-state index is 9.19. The summed E-state index contributed by atoms with van der Waals surface area (Å²) in [7, 11) is 1.66. The van der Waals surface area contributed by atoms with Crippen molar-refractivity contribution in [2.45, 2.75) is 25.2 Å². The van der Waals surface area contributed by atoms with Gasteiger partial charge in [-0.2, -0.15) is 5.26 Å². The fraction of sp³-hybridized carbons (Fsp3) is 0.238. The quantitative estimate of drug-likeness (QED) is 0.669. The van der Waals surface area contributed by atoms with Gasteiger partial charge in [0.15, 0.2) is 0 Å². The van der Waals surface area contributed by atoms with Crippen LogP contribution in [0.2, 0.25) is 0 Å². The lowest BCUT2D eigenvalue weighted by Gasteiger charge is -2.31. The first kappa shape index (κ1) is 19.0. The Morgan fingerprint density at radius 3 is 2.74 bits per heavy atom. The fourth-order valence-electron chi connectivity index (χ4n) is 3.61. The predicted molar refractivity (Wildman–Crippen MR) is 104 cm³/mol. The van der Waals surface area contributed by atoms with Crippen LogP contribution in [0.25, 0.3) is 0 Å². The molecule has 0 fully saturated rings. The van der Waals surface area contributed by atoms with Crippen LogP contribution in [0.1, 0.15) is 28.7 Å². The molecule has 0 N–H and O–H groups in total. The molecule has 0 amide bonds. The highest BCUT2D eigenvalue weighted by atomic mass is 35.5. The number of ether oxygens (including phenoxy) is 2. The molecule has 3 aromatic rings. The topological polar surface area (TPSA) is 60.1 Å². The summed E-state index contributed by atoms with van der Waals surface area (Å²) in [5.74, 6) is 0.816. The average Bonchev–Trinajstić information content (AvgIpc) is 3.34. The normalized spacial score (nSPS) is 17.6. The van der Waals surface area contributed by atoms with Crippen LogP contribution < -0.4 is 4.74 Å². The third-order valence-corrected chi connectivity index (χ3v) is 4.98. The van der Waals surface area contributed by atoms with Crippen molar-refractivity contribution in [2.24, 2.45) is 0 Å². The highest BCUT2D eigenvalue weighted by Gasteiger charge is 2.41. The maximum Gasteiger partial charge on any atom is 0.121 e. The monoisotopic (exact) mass is 381 g/mol. The number of benzene rings is 2. The van der Waals surface area contributed by atoms with Crippen molar-refractivity contribution in [3.05, 3.63) is 83.4 Å². The summed E-state index contributed by atoms with van der Waals surface area (Å²) in [4.78, 5) is 4.12. The Morgan fingerprint density at radius 2 is 2.07 bits per heavy atom. The van der Waals surface area contributed by atoms with Gasteiger partial charge in [0.2, 0.25) is 0 Å². The van der Waals surface area contributed by atoms with Crippen LogP contribution in [-0.4, -0.2) is 16.7 Å². The third kappa shape index (κ3) is 3.42. The summed E-state index contributed by atoms with van der Waals surface area (Å²) in [5.41, 5.74) is 3.40. The Labute approximate surface area is 164 Å². The number of nitriles is 1. The zero-order valence-electron chi connectivity index (χ0n) is 15.0. The number of imidazole rings is 1. The van der Waals surface area contributed by atoms with Gasteiger partial charge in [0, 0.05) is 25.4 Å². The Morgan fingerprint density at radius 1 is 1.26 bits per heavy atom. The molecule has 1 unspecified atom stereocenters. The molecule has 27 heavy (non-hydrogen) atoms. The maximum atomic E-state index is 9.19. The molecule has 2 heterocycles. The molecule has 138 valence electrons. The minimum Gasteiger partial charge on any atom is -0.497 e. The number of methoxy groups -OCH3 is 1. The second-order valence-electron chi connectivity index (χ2n) is 6.38. The highest BCUT2D eigenvalue weighted by molar-refractivity contribution is 5.85. The van der Waals surface area contributed by atoms with Crippen molar-refractivity contribution in [1.29, 1.82) is 5.26 Å². The first-order chi connectivity index (χ1) is 12.7. The number of halogens is 1. The van der Waals surface area contributed by atoms with E-state index in [1.807, 2.05) is 42.9 Å². The molecular formula is C21H20ClN3O2. The fourth-order valence-corrected chi connectivity index (χ4v) is 3.61. The lowest BCUT2D eigenvalue weighted by Crippen LogP contribution is -2.28. The minimum atomic E-state index is -0.542. The number of aryl methyl sites for hydroxylation is 1. The molecule has 5 nitrogen and oxygen atoms in total. The molecule has 4 rings (SSSR count). The summed E-state index contributed by atoms with van der Waals surface area (Å²) in [6.07, 6.45) is 6.32. The van der Waals surface area contributed by atoms with Gasteiger partial charge in [-0.05, 0) is 41.0 Å². The van der Waals surface area contributed by atoms with E-state index in [9.17, 15) is 5.26 Å². The summed E-state index contributed by atoms with van der Waals surface area (Å²) < 4.78 is 13.7. The van der Waals surface area contributed by atoms with Crippen LogP contribution >= 0.6 is 12.4 Å². The van der Waals surface area contributed by atoms with E-state index in [1.54, 1.807) is 13.3 Å². The van der Waals surface area contributed by atoms with Crippen molar-refractivity contribution in [3.8, 4) is 11.8 Å². The van der Waals surface area contributed by atoms with Crippen molar-refractivity contribution in [3.63, 3.8) is 0 Å². The second kappa shape index (κ2) is 7.83. The Bertz CT molecular complexity index is 949. The molecule has 0 aliphatic carbocycles. The summed E-state index contributed by atoms with van der Waals surface area (Å²) >= 11 is 0. The largest absolute Gasteiger partial charge is 0.497 e. The summed E-state index contributed by atoms with van der Waals surface area (Å²) in [6.45, 7) is 1.28. The molecule has 2 aromatic carbocycles. The predicted octanol–water partition coefficient (Wildman–Crippen LogP) is 4.05. The van der Waals surface area contributed by atoms with Crippen molar-refractivity contribution in [2.75, 3.05) is 7.11 Å². The number of nitrogens with zero attached hydrogens (tertiary/aromatic N) is 3. The van der Waals surface area contributed by atoms with E-state index in [0.717, 1.165) is 35.4 Å². The third-order valence-electron chi connectivity index (χ3n) is 4.98. The summed E-state index contributed by atoms with van der Waals surface area (Å²) in [5, 5.41) is 9.19. The first-order valence-corrected chi connectivity index (χ1v) is 8.53. The van der Waals surface area contributed by atoms with Gasteiger partial charge in [0.25, 0.3) is 0 Å². The van der Waals surface area contributed by atoms with E-state index in [4.69, 9.17) is 9.47 Å². The smallest absolute Gasteiger partial charge is 0.121 e. The van der Waals surface area contributed by atoms with Crippen LogP contribution in [0.3, 0.4) is 0 Å². The average molecular weight is 382 g/mol. The molecule has 6 heteroatoms. The minimum absolute atomic E-state index is 0. The number of hydrogen-bond acceptors (Lipinski definition) is 4. The van der Waals surface area contributed by atoms with Crippen LogP contribution in [0, 0.1) is 11.3 Å². The van der Waals surface area contributed by atoms with Crippen molar-refractivity contribution >= 4 is 12.4 Å². The molecule has 1 aliphatic heterocycles. The molecule has 1 aliphatic rings. The summed E-state index contributed by atoms with van der Waals surface area (Å²) in [6, 6.07) is 16.1. The zero-order chi connectivity index (χ0) is 18.0. The lowest BCUT2D eigenvalue weighted by atomic mass is 9.82. The molecular weight excluding hydrogens is 362 g/mol. The van der Waals surface area contributed by atoms with Crippen molar-refractivity contribution in [1.82, 2.24) is 9.55 Å². The zero-order valence-corrected chi connectivity index (χ0v) is 15.8. The van der Waals surface area contributed by atoms with Gasteiger partial charge in [-0.15, -0.1) is 12.4 Å². The van der Waals surface area contributed by atoms with Gasteiger partial charge < -0.3 is 14.0 Å². The van der Waals surface area contributed by atoms with Gasteiger partial charge in [-0.25, -0.2) is 4.98 Å². The van der Waals surface area contributed by atoms with Gasteiger partial charge in [-0.1, -0.05) is 18.2 Å². The van der Waals surface area contributed by atoms with Crippen molar-refractivity contribution < 1.29 is 9.47 Å². The highest BCUT2D eigenvalue weighted by Crippen LogP contribution is 2.45. The van der Waals surface area contributed by atoms with E-state index in [-0.39, 0.29) is 12.4 Å².